The van der Waals surface area contributed by atoms with Crippen molar-refractivity contribution in [2.24, 2.45) is 0 Å². The minimum absolute atomic E-state index is 0.968. The quantitative estimate of drug-likeness (QED) is 0.441. The van der Waals surface area contributed by atoms with Crippen LogP contribution in [0.2, 0.25) is 0 Å². The lowest BCUT2D eigenvalue weighted by atomic mass is 10.1. The van der Waals surface area contributed by atoms with Crippen LogP contribution in [0.3, 0.4) is 0 Å². The fourth-order valence-corrected chi connectivity index (χ4v) is 2.53. The predicted octanol–water partition coefficient (Wildman–Crippen LogP) is 6.99. The normalized spacial score (nSPS) is 11.3. The summed E-state index contributed by atoms with van der Waals surface area (Å²) in [5, 5.41) is 0. The van der Waals surface area contributed by atoms with Crippen molar-refractivity contribution < 1.29 is 0 Å². The predicted molar refractivity (Wildman–Crippen MR) is 105 cm³/mol. The maximum atomic E-state index is 4.16. The third-order valence-electron chi connectivity index (χ3n) is 3.61. The molecule has 0 fully saturated rings. The average Bonchev–Trinajstić information content (AvgIpc) is 2.58. The van der Waals surface area contributed by atoms with Gasteiger partial charge in [0.25, 0.3) is 0 Å². The number of allylic oxidation sites excluding steroid dienone is 4. The van der Waals surface area contributed by atoms with Gasteiger partial charge in [0.15, 0.2) is 0 Å². The Balaban J connectivity index is 1.64. The Bertz CT molecular complexity index is 648. The summed E-state index contributed by atoms with van der Waals surface area (Å²) in [5.74, 6) is 0. The largest absolute Gasteiger partial charge is 0.0995 e. The number of halogens is 1. The summed E-state index contributed by atoms with van der Waals surface area (Å²) in [6, 6.07) is 18.9. The van der Waals surface area contributed by atoms with E-state index < -0.39 is 0 Å². The molecule has 1 heteroatoms. The Morgan fingerprint density at radius 2 is 1.65 bits per heavy atom. The molecule has 0 unspecified atom stereocenters. The van der Waals surface area contributed by atoms with E-state index in [2.05, 4.69) is 95.3 Å². The van der Waals surface area contributed by atoms with Gasteiger partial charge >= 0.3 is 0 Å². The Kier molecular flexibility index (Phi) is 7.62. The highest BCUT2D eigenvalue weighted by atomic mass is 79.9. The van der Waals surface area contributed by atoms with Gasteiger partial charge in [0.05, 0.1) is 0 Å². The van der Waals surface area contributed by atoms with Gasteiger partial charge in [-0.1, -0.05) is 94.9 Å². The second-order valence-corrected chi connectivity index (χ2v) is 6.52. The van der Waals surface area contributed by atoms with Gasteiger partial charge in [0.2, 0.25) is 0 Å². The summed E-state index contributed by atoms with van der Waals surface area (Å²) >= 11 is 3.46. The SMILES string of the molecule is C=C(C/C=C\Cc1ccc(Br)cc1)CCC=Cc1ccccc1. The Morgan fingerprint density at radius 3 is 2.39 bits per heavy atom. The van der Waals surface area contributed by atoms with Crippen LogP contribution < -0.4 is 0 Å². The van der Waals surface area contributed by atoms with E-state index in [0.29, 0.717) is 0 Å². The van der Waals surface area contributed by atoms with Gasteiger partial charge in [-0.15, -0.1) is 0 Å². The van der Waals surface area contributed by atoms with Crippen molar-refractivity contribution in [1.82, 2.24) is 0 Å². The van der Waals surface area contributed by atoms with Crippen molar-refractivity contribution in [2.75, 3.05) is 0 Å². The van der Waals surface area contributed by atoms with E-state index in [1.165, 1.54) is 16.7 Å². The second-order valence-electron chi connectivity index (χ2n) is 5.61. The second kappa shape index (κ2) is 10.0. The van der Waals surface area contributed by atoms with Crippen LogP contribution in [-0.4, -0.2) is 0 Å². The summed E-state index contributed by atoms with van der Waals surface area (Å²) in [5.41, 5.74) is 3.88. The highest BCUT2D eigenvalue weighted by Gasteiger charge is 1.92. The molecule has 0 saturated carbocycles. The molecule has 0 aromatic heterocycles. The van der Waals surface area contributed by atoms with E-state index >= 15 is 0 Å². The first-order chi connectivity index (χ1) is 11.2. The van der Waals surface area contributed by atoms with Crippen molar-refractivity contribution >= 4 is 22.0 Å². The van der Waals surface area contributed by atoms with Crippen LogP contribution in [0.1, 0.15) is 30.4 Å². The molecule has 0 N–H and O–H groups in total. The first kappa shape index (κ1) is 17.5. The minimum Gasteiger partial charge on any atom is -0.0995 e. The van der Waals surface area contributed by atoms with Gasteiger partial charge < -0.3 is 0 Å². The zero-order valence-electron chi connectivity index (χ0n) is 13.4. The first-order valence-electron chi connectivity index (χ1n) is 8.02. The van der Waals surface area contributed by atoms with Gasteiger partial charge in [-0.3, -0.25) is 0 Å². The fourth-order valence-electron chi connectivity index (χ4n) is 2.26. The molecular weight excluding hydrogens is 344 g/mol. The lowest BCUT2D eigenvalue weighted by Gasteiger charge is -2.00. The van der Waals surface area contributed by atoms with E-state index in [4.69, 9.17) is 0 Å². The van der Waals surface area contributed by atoms with Crippen LogP contribution in [0.4, 0.5) is 0 Å². The Hall–Kier alpha value is -1.86. The zero-order valence-corrected chi connectivity index (χ0v) is 15.0. The van der Waals surface area contributed by atoms with Crippen LogP contribution in [0.25, 0.3) is 6.08 Å². The Morgan fingerprint density at radius 1 is 0.913 bits per heavy atom. The summed E-state index contributed by atoms with van der Waals surface area (Å²) < 4.78 is 1.13. The first-order valence-corrected chi connectivity index (χ1v) is 8.81. The summed E-state index contributed by atoms with van der Waals surface area (Å²) in [6.07, 6.45) is 12.9. The highest BCUT2D eigenvalue weighted by Crippen LogP contribution is 2.13. The molecule has 0 bridgehead atoms. The molecule has 0 aliphatic rings. The topological polar surface area (TPSA) is 0 Å². The molecule has 2 aromatic carbocycles. The van der Waals surface area contributed by atoms with E-state index in [9.17, 15) is 0 Å². The van der Waals surface area contributed by atoms with Gasteiger partial charge in [-0.2, -0.15) is 0 Å². The smallest absolute Gasteiger partial charge is 0.0175 e. The van der Waals surface area contributed by atoms with Crippen LogP contribution in [0.15, 0.2) is 89.5 Å². The Labute approximate surface area is 148 Å². The van der Waals surface area contributed by atoms with E-state index in [1.54, 1.807) is 0 Å². The molecule has 2 aromatic rings. The number of benzene rings is 2. The van der Waals surface area contributed by atoms with Gasteiger partial charge in [0.1, 0.15) is 0 Å². The summed E-state index contributed by atoms with van der Waals surface area (Å²) in [6.45, 7) is 4.16. The monoisotopic (exact) mass is 366 g/mol. The molecule has 0 nitrogen and oxygen atoms in total. The summed E-state index contributed by atoms with van der Waals surface area (Å²) in [7, 11) is 0. The minimum atomic E-state index is 0.968. The van der Waals surface area contributed by atoms with Gasteiger partial charge in [-0.25, -0.2) is 0 Å². The fraction of sp³-hybridized carbons (Fsp3) is 0.182. The number of rotatable bonds is 8. The average molecular weight is 367 g/mol. The lowest BCUT2D eigenvalue weighted by molar-refractivity contribution is 0.947. The van der Waals surface area contributed by atoms with E-state index in [1.807, 2.05) is 6.07 Å². The van der Waals surface area contributed by atoms with Crippen molar-refractivity contribution in [3.8, 4) is 0 Å². The third-order valence-corrected chi connectivity index (χ3v) is 4.14. The zero-order chi connectivity index (χ0) is 16.3. The van der Waals surface area contributed by atoms with Crippen molar-refractivity contribution in [3.05, 3.63) is 101 Å². The molecule has 2 rings (SSSR count). The third kappa shape index (κ3) is 7.30. The molecule has 0 atom stereocenters. The van der Waals surface area contributed by atoms with Crippen LogP contribution in [-0.2, 0) is 6.42 Å². The maximum Gasteiger partial charge on any atom is 0.0175 e. The lowest BCUT2D eigenvalue weighted by Crippen LogP contribution is -1.81. The summed E-state index contributed by atoms with van der Waals surface area (Å²) in [4.78, 5) is 0. The molecule has 0 spiro atoms. The van der Waals surface area contributed by atoms with Gasteiger partial charge in [0, 0.05) is 4.47 Å². The van der Waals surface area contributed by atoms with Crippen LogP contribution in [0.5, 0.6) is 0 Å². The van der Waals surface area contributed by atoms with Crippen LogP contribution in [0, 0.1) is 0 Å². The number of hydrogen-bond acceptors (Lipinski definition) is 0. The van der Waals surface area contributed by atoms with Crippen molar-refractivity contribution in [2.45, 2.75) is 25.7 Å². The highest BCUT2D eigenvalue weighted by molar-refractivity contribution is 9.10. The molecule has 0 radical (unpaired) electrons. The number of hydrogen-bond donors (Lipinski definition) is 0. The van der Waals surface area contributed by atoms with E-state index in [0.717, 1.165) is 30.2 Å². The van der Waals surface area contributed by atoms with E-state index in [-0.39, 0.29) is 0 Å². The molecule has 0 aliphatic carbocycles. The standard InChI is InChI=1S/C22H23Br/c1-19(9-5-7-13-20-11-3-2-4-12-20)10-6-8-14-21-15-17-22(23)18-16-21/h2-4,6-8,11-13,15-18H,1,5,9-10,14H2/b8-6-,13-7?. The molecule has 0 saturated heterocycles. The molecule has 0 aliphatic heterocycles. The molecule has 0 heterocycles. The van der Waals surface area contributed by atoms with Crippen molar-refractivity contribution in [3.63, 3.8) is 0 Å². The molecule has 118 valence electrons. The van der Waals surface area contributed by atoms with Crippen LogP contribution >= 0.6 is 15.9 Å². The van der Waals surface area contributed by atoms with Crippen molar-refractivity contribution in [1.29, 1.82) is 0 Å². The molecular formula is C22H23Br. The maximum absolute atomic E-state index is 4.16. The molecule has 0 amide bonds. The van der Waals surface area contributed by atoms with Gasteiger partial charge in [-0.05, 0) is 48.9 Å². The molecule has 23 heavy (non-hydrogen) atoms.